The van der Waals surface area contributed by atoms with Gasteiger partial charge in [0, 0.05) is 20.6 Å². The van der Waals surface area contributed by atoms with Crippen LogP contribution >= 0.6 is 0 Å². The molecule has 0 unspecified atom stereocenters. The van der Waals surface area contributed by atoms with Gasteiger partial charge in [0.1, 0.15) is 5.82 Å². The molecule has 0 fully saturated rings. The van der Waals surface area contributed by atoms with Crippen LogP contribution in [0.2, 0.25) is 0 Å². The van der Waals surface area contributed by atoms with Crippen molar-refractivity contribution in [2.75, 3.05) is 20.6 Å². The summed E-state index contributed by atoms with van der Waals surface area (Å²) in [5.41, 5.74) is 1.74. The first kappa shape index (κ1) is 12.6. The maximum Gasteiger partial charge on any atom is 0.236 e. The second kappa shape index (κ2) is 5.61. The molecule has 1 rings (SSSR count). The smallest absolute Gasteiger partial charge is 0.236 e. The number of nitrogens with zero attached hydrogens (tertiary/aromatic N) is 1. The third-order valence-electron chi connectivity index (χ3n) is 2.21. The lowest BCUT2D eigenvalue weighted by Crippen LogP contribution is -2.32. The van der Waals surface area contributed by atoms with Gasteiger partial charge in [-0.15, -0.1) is 0 Å². The van der Waals surface area contributed by atoms with Crippen LogP contribution in [-0.4, -0.2) is 31.4 Å². The number of likely N-dealkylation sites (N-methyl/N-ethyl adjacent to an activating group) is 1. The topological polar surface area (TPSA) is 32.3 Å². The number of amides is 1. The van der Waals surface area contributed by atoms with Gasteiger partial charge in [-0.3, -0.25) is 4.79 Å². The average molecular weight is 224 g/mol. The van der Waals surface area contributed by atoms with Gasteiger partial charge in [0.25, 0.3) is 0 Å². The summed E-state index contributed by atoms with van der Waals surface area (Å²) in [7, 11) is 3.41. The molecule has 16 heavy (non-hydrogen) atoms. The molecule has 0 saturated carbocycles. The zero-order chi connectivity index (χ0) is 12.1. The van der Waals surface area contributed by atoms with Crippen LogP contribution in [0.3, 0.4) is 0 Å². The van der Waals surface area contributed by atoms with Gasteiger partial charge in [-0.1, -0.05) is 6.07 Å². The summed E-state index contributed by atoms with van der Waals surface area (Å²) in [6.45, 7) is 2.61. The molecule has 0 heterocycles. The SMILES string of the molecule is Cc1cc(F)cc(CNCC(=O)N(C)C)c1. The first-order valence-electron chi connectivity index (χ1n) is 5.16. The molecule has 1 aromatic rings. The molecule has 0 radical (unpaired) electrons. The lowest BCUT2D eigenvalue weighted by Gasteiger charge is -2.11. The maximum absolute atomic E-state index is 13.0. The van der Waals surface area contributed by atoms with Crippen molar-refractivity contribution in [3.8, 4) is 0 Å². The fraction of sp³-hybridized carbons (Fsp3) is 0.417. The third-order valence-corrected chi connectivity index (χ3v) is 2.21. The molecule has 0 aliphatic rings. The highest BCUT2D eigenvalue weighted by atomic mass is 19.1. The van der Waals surface area contributed by atoms with Crippen molar-refractivity contribution >= 4 is 5.91 Å². The molecule has 88 valence electrons. The minimum atomic E-state index is -0.240. The van der Waals surface area contributed by atoms with E-state index < -0.39 is 0 Å². The standard InChI is InChI=1S/C12H17FN2O/c1-9-4-10(6-11(13)5-9)7-14-8-12(16)15(2)3/h4-6,14H,7-8H2,1-3H3. The monoisotopic (exact) mass is 224 g/mol. The molecule has 4 heteroatoms. The van der Waals surface area contributed by atoms with Gasteiger partial charge in [0.2, 0.25) is 5.91 Å². The first-order chi connectivity index (χ1) is 7.49. The zero-order valence-corrected chi connectivity index (χ0v) is 9.88. The van der Waals surface area contributed by atoms with Crippen LogP contribution in [0.1, 0.15) is 11.1 Å². The van der Waals surface area contributed by atoms with Crippen LogP contribution in [0, 0.1) is 12.7 Å². The number of carbonyl (C=O) groups excluding carboxylic acids is 1. The number of benzene rings is 1. The number of halogens is 1. The molecule has 0 atom stereocenters. The van der Waals surface area contributed by atoms with Gasteiger partial charge in [-0.25, -0.2) is 4.39 Å². The molecular weight excluding hydrogens is 207 g/mol. The van der Waals surface area contributed by atoms with E-state index in [-0.39, 0.29) is 18.3 Å². The van der Waals surface area contributed by atoms with Crippen LogP contribution in [0.25, 0.3) is 0 Å². The normalized spacial score (nSPS) is 10.2. The number of aryl methyl sites for hydroxylation is 1. The van der Waals surface area contributed by atoms with Crippen molar-refractivity contribution in [3.63, 3.8) is 0 Å². The Bertz CT molecular complexity index is 357. The summed E-state index contributed by atoms with van der Waals surface area (Å²) in [5, 5.41) is 2.98. The van der Waals surface area contributed by atoms with Crippen molar-refractivity contribution in [1.29, 1.82) is 0 Å². The Balaban J connectivity index is 2.46. The van der Waals surface area contributed by atoms with E-state index in [1.165, 1.54) is 17.0 Å². The predicted molar refractivity (Wildman–Crippen MR) is 61.5 cm³/mol. The highest BCUT2D eigenvalue weighted by Gasteiger charge is 2.03. The molecule has 0 spiro atoms. The number of nitrogens with one attached hydrogen (secondary N) is 1. The Morgan fingerprint density at radius 1 is 1.38 bits per heavy atom. The Kier molecular flexibility index (Phi) is 4.43. The highest BCUT2D eigenvalue weighted by molar-refractivity contribution is 5.77. The summed E-state index contributed by atoms with van der Waals surface area (Å²) in [6.07, 6.45) is 0. The van der Waals surface area contributed by atoms with E-state index in [4.69, 9.17) is 0 Å². The van der Waals surface area contributed by atoms with E-state index in [1.807, 2.05) is 13.0 Å². The van der Waals surface area contributed by atoms with Crippen molar-refractivity contribution in [3.05, 3.63) is 35.1 Å². The van der Waals surface area contributed by atoms with Crippen LogP contribution in [0.4, 0.5) is 4.39 Å². The largest absolute Gasteiger partial charge is 0.348 e. The van der Waals surface area contributed by atoms with Crippen LogP contribution < -0.4 is 5.32 Å². The van der Waals surface area contributed by atoms with E-state index in [2.05, 4.69) is 5.32 Å². The van der Waals surface area contributed by atoms with Crippen molar-refractivity contribution in [2.45, 2.75) is 13.5 Å². The summed E-state index contributed by atoms with van der Waals surface area (Å²) in [4.78, 5) is 12.8. The quantitative estimate of drug-likeness (QED) is 0.836. The fourth-order valence-corrected chi connectivity index (χ4v) is 1.39. The Hall–Kier alpha value is -1.42. The second-order valence-electron chi connectivity index (χ2n) is 4.03. The molecule has 0 saturated heterocycles. The number of rotatable bonds is 4. The number of carbonyl (C=O) groups is 1. The molecule has 1 N–H and O–H groups in total. The molecule has 0 aliphatic heterocycles. The summed E-state index contributed by atoms with van der Waals surface area (Å²) < 4.78 is 13.0. The molecular formula is C12H17FN2O. The van der Waals surface area contributed by atoms with Gasteiger partial charge in [0.05, 0.1) is 6.54 Å². The average Bonchev–Trinajstić information content (AvgIpc) is 2.15. The van der Waals surface area contributed by atoms with Gasteiger partial charge in [0.15, 0.2) is 0 Å². The van der Waals surface area contributed by atoms with Crippen molar-refractivity contribution < 1.29 is 9.18 Å². The van der Waals surface area contributed by atoms with E-state index in [0.29, 0.717) is 6.54 Å². The molecule has 1 aromatic carbocycles. The highest BCUT2D eigenvalue weighted by Crippen LogP contribution is 2.07. The Morgan fingerprint density at radius 3 is 2.62 bits per heavy atom. The minimum Gasteiger partial charge on any atom is -0.348 e. The van der Waals surface area contributed by atoms with Crippen LogP contribution in [0.5, 0.6) is 0 Å². The third kappa shape index (κ3) is 3.98. The van der Waals surface area contributed by atoms with Crippen molar-refractivity contribution in [2.24, 2.45) is 0 Å². The number of hydrogen-bond acceptors (Lipinski definition) is 2. The summed E-state index contributed by atoms with van der Waals surface area (Å²) in [5.74, 6) is -0.233. The second-order valence-corrected chi connectivity index (χ2v) is 4.03. The predicted octanol–water partition coefficient (Wildman–Crippen LogP) is 1.31. The van der Waals surface area contributed by atoms with Gasteiger partial charge in [-0.2, -0.15) is 0 Å². The lowest BCUT2D eigenvalue weighted by atomic mass is 10.1. The first-order valence-corrected chi connectivity index (χ1v) is 5.16. The fourth-order valence-electron chi connectivity index (χ4n) is 1.39. The van der Waals surface area contributed by atoms with Crippen molar-refractivity contribution in [1.82, 2.24) is 10.2 Å². The molecule has 1 amide bonds. The van der Waals surface area contributed by atoms with Crippen LogP contribution in [-0.2, 0) is 11.3 Å². The van der Waals surface area contributed by atoms with Gasteiger partial charge >= 0.3 is 0 Å². The minimum absolute atomic E-state index is 0.00752. The lowest BCUT2D eigenvalue weighted by molar-refractivity contribution is -0.127. The Morgan fingerprint density at radius 2 is 2.06 bits per heavy atom. The van der Waals surface area contributed by atoms with E-state index in [1.54, 1.807) is 14.1 Å². The number of hydrogen-bond donors (Lipinski definition) is 1. The maximum atomic E-state index is 13.0. The van der Waals surface area contributed by atoms with E-state index in [0.717, 1.165) is 11.1 Å². The summed E-state index contributed by atoms with van der Waals surface area (Å²) in [6, 6.07) is 4.85. The molecule has 0 bridgehead atoms. The molecule has 0 aliphatic carbocycles. The van der Waals surface area contributed by atoms with Crippen LogP contribution in [0.15, 0.2) is 18.2 Å². The van der Waals surface area contributed by atoms with Gasteiger partial charge < -0.3 is 10.2 Å². The zero-order valence-electron chi connectivity index (χ0n) is 9.88. The Labute approximate surface area is 95.3 Å². The van der Waals surface area contributed by atoms with Gasteiger partial charge in [-0.05, 0) is 30.2 Å². The molecule has 0 aromatic heterocycles. The van der Waals surface area contributed by atoms with E-state index in [9.17, 15) is 9.18 Å². The van der Waals surface area contributed by atoms with E-state index >= 15 is 0 Å². The molecule has 3 nitrogen and oxygen atoms in total. The summed E-state index contributed by atoms with van der Waals surface area (Å²) >= 11 is 0.